The predicted molar refractivity (Wildman–Crippen MR) is 88.7 cm³/mol. The highest BCUT2D eigenvalue weighted by Crippen LogP contribution is 2.24. The molecule has 0 bridgehead atoms. The molecule has 1 aromatic carbocycles. The fourth-order valence-corrected chi connectivity index (χ4v) is 2.74. The minimum atomic E-state index is 0.255. The van der Waals surface area contributed by atoms with Crippen molar-refractivity contribution in [2.24, 2.45) is 0 Å². The Kier molecular flexibility index (Phi) is 5.63. The second kappa shape index (κ2) is 7.46. The molecule has 1 heterocycles. The van der Waals surface area contributed by atoms with E-state index in [0.29, 0.717) is 0 Å². The molecule has 0 radical (unpaired) electrons. The van der Waals surface area contributed by atoms with Crippen molar-refractivity contribution in [2.75, 3.05) is 6.54 Å². The summed E-state index contributed by atoms with van der Waals surface area (Å²) in [5, 5.41) is 3.63. The molecule has 2 rings (SSSR count). The van der Waals surface area contributed by atoms with E-state index in [9.17, 15) is 0 Å². The van der Waals surface area contributed by atoms with Crippen molar-refractivity contribution in [1.29, 1.82) is 0 Å². The number of benzene rings is 1. The lowest BCUT2D eigenvalue weighted by molar-refractivity contribution is 0.391. The van der Waals surface area contributed by atoms with E-state index in [1.807, 2.05) is 0 Å². The minimum Gasteiger partial charge on any atom is -0.464 e. The monoisotopic (exact) mass is 285 g/mol. The van der Waals surface area contributed by atoms with Crippen LogP contribution < -0.4 is 5.32 Å². The van der Waals surface area contributed by atoms with Crippen LogP contribution in [-0.4, -0.2) is 6.54 Å². The van der Waals surface area contributed by atoms with Gasteiger partial charge in [0.15, 0.2) is 0 Å². The van der Waals surface area contributed by atoms with Gasteiger partial charge in [0.25, 0.3) is 0 Å². The van der Waals surface area contributed by atoms with Crippen molar-refractivity contribution in [2.45, 2.75) is 53.0 Å². The van der Waals surface area contributed by atoms with Crippen molar-refractivity contribution in [3.63, 3.8) is 0 Å². The molecule has 0 saturated carbocycles. The normalized spacial score (nSPS) is 12.6. The molecule has 1 aromatic heterocycles. The van der Waals surface area contributed by atoms with Crippen LogP contribution in [0, 0.1) is 13.8 Å². The summed E-state index contributed by atoms with van der Waals surface area (Å²) < 4.78 is 5.98. The first-order valence-electron chi connectivity index (χ1n) is 8.02. The van der Waals surface area contributed by atoms with Gasteiger partial charge in [-0.05, 0) is 62.1 Å². The summed E-state index contributed by atoms with van der Waals surface area (Å²) in [6.07, 6.45) is 3.06. The van der Waals surface area contributed by atoms with E-state index in [1.165, 1.54) is 16.7 Å². The minimum absolute atomic E-state index is 0.255. The standard InChI is InChI=1S/C19H27NO/c1-5-12-20-18(19-11-10-16(6-2)21-19)13-17-14(3)8-7-9-15(17)4/h7-11,18,20H,5-6,12-13H2,1-4H3. The largest absolute Gasteiger partial charge is 0.464 e. The first-order chi connectivity index (χ1) is 10.2. The van der Waals surface area contributed by atoms with Gasteiger partial charge in [-0.2, -0.15) is 0 Å². The maximum absolute atomic E-state index is 5.98. The van der Waals surface area contributed by atoms with E-state index in [-0.39, 0.29) is 6.04 Å². The highest BCUT2D eigenvalue weighted by Gasteiger charge is 2.17. The van der Waals surface area contributed by atoms with Crippen molar-refractivity contribution in [1.82, 2.24) is 5.32 Å². The van der Waals surface area contributed by atoms with Crippen molar-refractivity contribution >= 4 is 0 Å². The molecule has 0 fully saturated rings. The molecule has 0 aliphatic rings. The van der Waals surface area contributed by atoms with Crippen LogP contribution in [0.15, 0.2) is 34.7 Å². The summed E-state index contributed by atoms with van der Waals surface area (Å²) in [6, 6.07) is 11.0. The average Bonchev–Trinajstić information content (AvgIpc) is 2.95. The van der Waals surface area contributed by atoms with E-state index < -0.39 is 0 Å². The zero-order valence-corrected chi connectivity index (χ0v) is 13.7. The van der Waals surface area contributed by atoms with Crippen LogP contribution in [0.25, 0.3) is 0 Å². The molecule has 0 spiro atoms. The van der Waals surface area contributed by atoms with Gasteiger partial charge in [-0.1, -0.05) is 32.0 Å². The Morgan fingerprint density at radius 1 is 1.05 bits per heavy atom. The average molecular weight is 285 g/mol. The van der Waals surface area contributed by atoms with Crippen LogP contribution in [0.4, 0.5) is 0 Å². The van der Waals surface area contributed by atoms with Crippen molar-refractivity contribution < 1.29 is 4.42 Å². The van der Waals surface area contributed by atoms with Crippen LogP contribution in [0.3, 0.4) is 0 Å². The van der Waals surface area contributed by atoms with Crippen LogP contribution in [0.1, 0.15) is 54.5 Å². The fourth-order valence-electron chi connectivity index (χ4n) is 2.74. The summed E-state index contributed by atoms with van der Waals surface area (Å²) in [6.45, 7) is 9.72. The Hall–Kier alpha value is -1.54. The topological polar surface area (TPSA) is 25.2 Å². The lowest BCUT2D eigenvalue weighted by Crippen LogP contribution is -2.24. The molecule has 0 aliphatic carbocycles. The molecule has 0 aliphatic heterocycles. The van der Waals surface area contributed by atoms with Gasteiger partial charge in [0.05, 0.1) is 6.04 Å². The maximum atomic E-state index is 5.98. The summed E-state index contributed by atoms with van der Waals surface area (Å²) in [7, 11) is 0. The van der Waals surface area contributed by atoms with Gasteiger partial charge in [-0.3, -0.25) is 0 Å². The molecule has 2 heteroatoms. The third kappa shape index (κ3) is 3.98. The first kappa shape index (κ1) is 15.8. The van der Waals surface area contributed by atoms with Crippen molar-refractivity contribution in [3.05, 3.63) is 58.5 Å². The Morgan fingerprint density at radius 3 is 2.33 bits per heavy atom. The van der Waals surface area contributed by atoms with Gasteiger partial charge in [-0.15, -0.1) is 0 Å². The second-order valence-electron chi connectivity index (χ2n) is 5.74. The Balaban J connectivity index is 2.23. The number of nitrogens with one attached hydrogen (secondary N) is 1. The van der Waals surface area contributed by atoms with E-state index in [4.69, 9.17) is 4.42 Å². The zero-order chi connectivity index (χ0) is 15.2. The molecule has 21 heavy (non-hydrogen) atoms. The molecule has 0 amide bonds. The maximum Gasteiger partial charge on any atom is 0.121 e. The van der Waals surface area contributed by atoms with E-state index >= 15 is 0 Å². The van der Waals surface area contributed by atoms with Crippen LogP contribution >= 0.6 is 0 Å². The van der Waals surface area contributed by atoms with Crippen LogP contribution in [0.5, 0.6) is 0 Å². The zero-order valence-electron chi connectivity index (χ0n) is 13.7. The first-order valence-corrected chi connectivity index (χ1v) is 8.02. The molecule has 114 valence electrons. The Bertz CT molecular complexity index is 550. The SMILES string of the molecule is CCCNC(Cc1c(C)cccc1C)c1ccc(CC)o1. The smallest absolute Gasteiger partial charge is 0.121 e. The van der Waals surface area contributed by atoms with Gasteiger partial charge in [-0.25, -0.2) is 0 Å². The highest BCUT2D eigenvalue weighted by atomic mass is 16.3. The number of furan rings is 1. The predicted octanol–water partition coefficient (Wildman–Crippen LogP) is 4.74. The Labute approximate surface area is 128 Å². The Morgan fingerprint density at radius 2 is 1.76 bits per heavy atom. The molecule has 0 saturated heterocycles. The molecular weight excluding hydrogens is 258 g/mol. The molecule has 2 nitrogen and oxygen atoms in total. The summed E-state index contributed by atoms with van der Waals surface area (Å²) in [5.74, 6) is 2.12. The van der Waals surface area contributed by atoms with Crippen molar-refractivity contribution in [3.8, 4) is 0 Å². The molecule has 2 aromatic rings. The summed E-state index contributed by atoms with van der Waals surface area (Å²) in [5.41, 5.74) is 4.15. The third-order valence-corrected chi connectivity index (χ3v) is 4.07. The number of hydrogen-bond acceptors (Lipinski definition) is 2. The summed E-state index contributed by atoms with van der Waals surface area (Å²) >= 11 is 0. The van der Waals surface area contributed by atoms with E-state index in [1.54, 1.807) is 0 Å². The molecule has 1 unspecified atom stereocenters. The lowest BCUT2D eigenvalue weighted by atomic mass is 9.95. The van der Waals surface area contributed by atoms with E-state index in [0.717, 1.165) is 37.3 Å². The number of hydrogen-bond donors (Lipinski definition) is 1. The highest BCUT2D eigenvalue weighted by molar-refractivity contribution is 5.34. The lowest BCUT2D eigenvalue weighted by Gasteiger charge is -2.19. The van der Waals surface area contributed by atoms with Crippen LogP contribution in [0.2, 0.25) is 0 Å². The molecular formula is C19H27NO. The quantitative estimate of drug-likeness (QED) is 0.794. The van der Waals surface area contributed by atoms with Gasteiger partial charge in [0, 0.05) is 6.42 Å². The van der Waals surface area contributed by atoms with Gasteiger partial charge in [0.2, 0.25) is 0 Å². The van der Waals surface area contributed by atoms with Gasteiger partial charge >= 0.3 is 0 Å². The third-order valence-electron chi connectivity index (χ3n) is 4.07. The van der Waals surface area contributed by atoms with Gasteiger partial charge in [0.1, 0.15) is 11.5 Å². The molecule has 1 N–H and O–H groups in total. The molecule has 1 atom stereocenters. The number of rotatable bonds is 7. The fraction of sp³-hybridized carbons (Fsp3) is 0.474. The summed E-state index contributed by atoms with van der Waals surface area (Å²) in [4.78, 5) is 0. The second-order valence-corrected chi connectivity index (χ2v) is 5.74. The van der Waals surface area contributed by atoms with Gasteiger partial charge < -0.3 is 9.73 Å². The van der Waals surface area contributed by atoms with E-state index in [2.05, 4.69) is 63.3 Å². The number of aryl methyl sites for hydroxylation is 3. The van der Waals surface area contributed by atoms with Crippen LogP contribution in [-0.2, 0) is 12.8 Å².